The predicted octanol–water partition coefficient (Wildman–Crippen LogP) is 5.10. The summed E-state index contributed by atoms with van der Waals surface area (Å²) < 4.78 is 0.859. The van der Waals surface area contributed by atoms with Crippen LogP contribution in [0, 0.1) is 6.92 Å². The number of carbonyl (C=O) groups excluding carboxylic acids is 1. The van der Waals surface area contributed by atoms with Crippen molar-refractivity contribution in [3.63, 3.8) is 0 Å². The summed E-state index contributed by atoms with van der Waals surface area (Å²) in [5.74, 6) is -0.189. The van der Waals surface area contributed by atoms with Crippen LogP contribution in [0.5, 0.6) is 0 Å². The Kier molecular flexibility index (Phi) is 5.26. The molecule has 5 heteroatoms. The molecule has 0 spiro atoms. The van der Waals surface area contributed by atoms with Crippen molar-refractivity contribution >= 4 is 44.8 Å². The van der Waals surface area contributed by atoms with Crippen molar-refractivity contribution in [2.24, 2.45) is 0 Å². The third-order valence-electron chi connectivity index (χ3n) is 2.96. The molecule has 21 heavy (non-hydrogen) atoms. The molecule has 0 bridgehead atoms. The lowest BCUT2D eigenvalue weighted by molar-refractivity contribution is 0.102. The minimum atomic E-state index is -0.189. The van der Waals surface area contributed by atoms with Crippen molar-refractivity contribution in [2.75, 3.05) is 17.2 Å². The highest BCUT2D eigenvalue weighted by Crippen LogP contribution is 2.27. The molecule has 0 heterocycles. The Morgan fingerprint density at radius 3 is 2.67 bits per heavy atom. The summed E-state index contributed by atoms with van der Waals surface area (Å²) in [6.07, 6.45) is 0. The van der Waals surface area contributed by atoms with Gasteiger partial charge in [-0.3, -0.25) is 4.79 Å². The topological polar surface area (TPSA) is 41.1 Å². The molecule has 0 saturated heterocycles. The van der Waals surface area contributed by atoms with E-state index in [0.29, 0.717) is 16.3 Å². The van der Waals surface area contributed by atoms with Crippen molar-refractivity contribution in [3.05, 3.63) is 57.0 Å². The van der Waals surface area contributed by atoms with Crippen LogP contribution in [-0.4, -0.2) is 12.5 Å². The third-order valence-corrected chi connectivity index (χ3v) is 3.79. The number of benzene rings is 2. The summed E-state index contributed by atoms with van der Waals surface area (Å²) in [6.45, 7) is 4.74. The summed E-state index contributed by atoms with van der Waals surface area (Å²) >= 11 is 9.47. The standard InChI is InChI=1S/C16H16BrClN2O/c1-3-19-14-8-10(2)4-6-12(14)16(21)20-15-9-11(17)5-7-13(15)18/h4-9,19H,3H2,1-2H3,(H,20,21). The molecule has 2 rings (SSSR count). The molecule has 3 nitrogen and oxygen atoms in total. The molecule has 0 aliphatic rings. The zero-order valence-electron chi connectivity index (χ0n) is 11.8. The number of hydrogen-bond acceptors (Lipinski definition) is 2. The number of aryl methyl sites for hydroxylation is 1. The van der Waals surface area contributed by atoms with Gasteiger partial charge >= 0.3 is 0 Å². The van der Waals surface area contributed by atoms with Crippen LogP contribution < -0.4 is 10.6 Å². The Bertz CT molecular complexity index is 673. The zero-order chi connectivity index (χ0) is 15.4. The first-order valence-corrected chi connectivity index (χ1v) is 7.79. The van der Waals surface area contributed by atoms with Crippen LogP contribution in [0.15, 0.2) is 40.9 Å². The second kappa shape index (κ2) is 6.96. The molecule has 1 amide bonds. The van der Waals surface area contributed by atoms with Crippen molar-refractivity contribution in [2.45, 2.75) is 13.8 Å². The molecule has 0 aliphatic carbocycles. The number of hydrogen-bond donors (Lipinski definition) is 2. The maximum Gasteiger partial charge on any atom is 0.257 e. The number of carbonyl (C=O) groups is 1. The lowest BCUT2D eigenvalue weighted by Crippen LogP contribution is -2.15. The van der Waals surface area contributed by atoms with Crippen molar-refractivity contribution in [1.82, 2.24) is 0 Å². The average molecular weight is 368 g/mol. The van der Waals surface area contributed by atoms with Gasteiger partial charge in [-0.2, -0.15) is 0 Å². The van der Waals surface area contributed by atoms with E-state index in [4.69, 9.17) is 11.6 Å². The predicted molar refractivity (Wildman–Crippen MR) is 92.4 cm³/mol. The Hall–Kier alpha value is -1.52. The van der Waals surface area contributed by atoms with Crippen LogP contribution in [0.25, 0.3) is 0 Å². The molecular formula is C16H16BrClN2O. The fourth-order valence-corrected chi connectivity index (χ4v) is 2.50. The molecule has 0 atom stereocenters. The summed E-state index contributed by atoms with van der Waals surface area (Å²) in [7, 11) is 0. The van der Waals surface area contributed by atoms with Crippen molar-refractivity contribution < 1.29 is 4.79 Å². The summed E-state index contributed by atoms with van der Waals surface area (Å²) in [5, 5.41) is 6.55. The van der Waals surface area contributed by atoms with Gasteiger partial charge in [0.15, 0.2) is 0 Å². The molecule has 0 aromatic heterocycles. The number of rotatable bonds is 4. The molecule has 2 N–H and O–H groups in total. The highest BCUT2D eigenvalue weighted by molar-refractivity contribution is 9.10. The summed E-state index contributed by atoms with van der Waals surface area (Å²) in [5.41, 5.74) is 3.10. The fourth-order valence-electron chi connectivity index (χ4n) is 1.98. The second-order valence-electron chi connectivity index (χ2n) is 4.66. The van der Waals surface area contributed by atoms with Crippen LogP contribution in [0.4, 0.5) is 11.4 Å². The van der Waals surface area contributed by atoms with Gasteiger partial charge in [0.05, 0.1) is 16.3 Å². The molecule has 2 aromatic rings. The second-order valence-corrected chi connectivity index (χ2v) is 5.98. The van der Waals surface area contributed by atoms with E-state index in [9.17, 15) is 4.79 Å². The normalized spacial score (nSPS) is 10.3. The maximum absolute atomic E-state index is 12.5. The van der Waals surface area contributed by atoms with E-state index in [2.05, 4.69) is 26.6 Å². The number of halogens is 2. The Balaban J connectivity index is 2.30. The van der Waals surface area contributed by atoms with Gasteiger partial charge in [0.25, 0.3) is 5.91 Å². The van der Waals surface area contributed by atoms with E-state index in [1.807, 2.05) is 38.1 Å². The van der Waals surface area contributed by atoms with Crippen LogP contribution in [0.1, 0.15) is 22.8 Å². The molecule has 0 aliphatic heterocycles. The van der Waals surface area contributed by atoms with Gasteiger partial charge in [-0.05, 0) is 49.7 Å². The van der Waals surface area contributed by atoms with Crippen LogP contribution in [0.3, 0.4) is 0 Å². The first-order chi connectivity index (χ1) is 10.0. The van der Waals surface area contributed by atoms with Crippen LogP contribution in [0.2, 0.25) is 5.02 Å². The molecule has 0 radical (unpaired) electrons. The molecular weight excluding hydrogens is 352 g/mol. The Labute approximate surface area is 137 Å². The minimum Gasteiger partial charge on any atom is -0.385 e. The van der Waals surface area contributed by atoms with E-state index in [0.717, 1.165) is 22.3 Å². The van der Waals surface area contributed by atoms with E-state index < -0.39 is 0 Å². The molecule has 0 fully saturated rings. The van der Waals surface area contributed by atoms with E-state index in [1.165, 1.54) is 0 Å². The van der Waals surface area contributed by atoms with E-state index >= 15 is 0 Å². The van der Waals surface area contributed by atoms with Gasteiger partial charge in [-0.15, -0.1) is 0 Å². The average Bonchev–Trinajstić information content (AvgIpc) is 2.43. The molecule has 110 valence electrons. The third kappa shape index (κ3) is 3.99. The zero-order valence-corrected chi connectivity index (χ0v) is 14.2. The molecule has 0 unspecified atom stereocenters. The van der Waals surface area contributed by atoms with E-state index in [1.54, 1.807) is 12.1 Å². The van der Waals surface area contributed by atoms with Gasteiger partial charge in [0.1, 0.15) is 0 Å². The number of amides is 1. The lowest BCUT2D eigenvalue weighted by Gasteiger charge is -2.13. The highest BCUT2D eigenvalue weighted by atomic mass is 79.9. The van der Waals surface area contributed by atoms with Gasteiger partial charge in [0.2, 0.25) is 0 Å². The number of anilines is 2. The number of nitrogens with one attached hydrogen (secondary N) is 2. The first-order valence-electron chi connectivity index (χ1n) is 6.62. The fraction of sp³-hybridized carbons (Fsp3) is 0.188. The Morgan fingerprint density at radius 1 is 1.19 bits per heavy atom. The molecule has 2 aromatic carbocycles. The van der Waals surface area contributed by atoms with Crippen molar-refractivity contribution in [1.29, 1.82) is 0 Å². The smallest absolute Gasteiger partial charge is 0.257 e. The quantitative estimate of drug-likeness (QED) is 0.790. The van der Waals surface area contributed by atoms with Crippen LogP contribution >= 0.6 is 27.5 Å². The van der Waals surface area contributed by atoms with E-state index in [-0.39, 0.29) is 5.91 Å². The lowest BCUT2D eigenvalue weighted by atomic mass is 10.1. The van der Waals surface area contributed by atoms with Gasteiger partial charge < -0.3 is 10.6 Å². The highest BCUT2D eigenvalue weighted by Gasteiger charge is 2.13. The summed E-state index contributed by atoms with van der Waals surface area (Å²) in [4.78, 5) is 12.5. The largest absolute Gasteiger partial charge is 0.385 e. The summed E-state index contributed by atoms with van der Waals surface area (Å²) in [6, 6.07) is 11.0. The molecule has 0 saturated carbocycles. The Morgan fingerprint density at radius 2 is 1.95 bits per heavy atom. The first kappa shape index (κ1) is 15.9. The maximum atomic E-state index is 12.5. The minimum absolute atomic E-state index is 0.189. The SMILES string of the molecule is CCNc1cc(C)ccc1C(=O)Nc1cc(Br)ccc1Cl. The monoisotopic (exact) mass is 366 g/mol. The van der Waals surface area contributed by atoms with Gasteiger partial charge in [-0.1, -0.05) is 33.6 Å². The van der Waals surface area contributed by atoms with Gasteiger partial charge in [-0.25, -0.2) is 0 Å². The van der Waals surface area contributed by atoms with Crippen LogP contribution in [-0.2, 0) is 0 Å². The van der Waals surface area contributed by atoms with Gasteiger partial charge in [0, 0.05) is 16.7 Å². The van der Waals surface area contributed by atoms with Crippen molar-refractivity contribution in [3.8, 4) is 0 Å².